The largest absolute Gasteiger partial charge is 0.472 e. The zero-order valence-electron chi connectivity index (χ0n) is 26.0. The molecule has 0 bridgehead atoms. The Morgan fingerprint density at radius 3 is 2.63 bits per heavy atom. The van der Waals surface area contributed by atoms with E-state index in [1.807, 2.05) is 42.5 Å². The lowest BCUT2D eigenvalue weighted by atomic mass is 10.1. The van der Waals surface area contributed by atoms with Gasteiger partial charge in [0.1, 0.15) is 17.7 Å². The number of sulfonamides is 1. The standard InChI is InChI=1S/C32H40N6O7S/c1-31(14-15-31)46(42,43)37-28(40)32-19-22(32)13-9-4-3-5-10-16-33-30(41)38-20-23(17-25(38)27(39)36-32)45-26-18-24(34-29(35-26)44-2)21-11-7-6-8-12-21/h6-9,11-13,18,22-23,25H,3-5,10,14-17,19-20H2,1-2H3,(H,33,41)(H,36,39)(H,37,40)/b13-9-/t22-,23-,25+,32-/m1/s1. The van der Waals surface area contributed by atoms with E-state index in [1.54, 1.807) is 13.0 Å². The summed E-state index contributed by atoms with van der Waals surface area (Å²) >= 11 is 0. The van der Waals surface area contributed by atoms with E-state index in [1.165, 1.54) is 12.0 Å². The predicted molar refractivity (Wildman–Crippen MR) is 168 cm³/mol. The Bertz CT molecular complexity index is 1630. The number of amides is 4. The van der Waals surface area contributed by atoms with Crippen molar-refractivity contribution in [2.24, 2.45) is 5.92 Å². The van der Waals surface area contributed by atoms with Crippen LogP contribution in [0.25, 0.3) is 11.3 Å². The molecule has 1 saturated heterocycles. The minimum Gasteiger partial charge on any atom is -0.472 e. The number of benzene rings is 1. The highest BCUT2D eigenvalue weighted by Crippen LogP contribution is 2.47. The van der Waals surface area contributed by atoms with Gasteiger partial charge in [0.25, 0.3) is 5.91 Å². The second-order valence-electron chi connectivity index (χ2n) is 12.8. The summed E-state index contributed by atoms with van der Waals surface area (Å²) in [4.78, 5) is 51.1. The number of hydrogen-bond donors (Lipinski definition) is 3. The van der Waals surface area contributed by atoms with E-state index in [-0.39, 0.29) is 37.2 Å². The molecule has 0 unspecified atom stereocenters. The first kappa shape index (κ1) is 31.8. The van der Waals surface area contributed by atoms with E-state index < -0.39 is 50.3 Å². The third kappa shape index (κ3) is 6.53. The summed E-state index contributed by atoms with van der Waals surface area (Å²) in [5.41, 5.74) is -0.0145. The van der Waals surface area contributed by atoms with E-state index in [2.05, 4.69) is 25.3 Å². The first-order valence-corrected chi connectivity index (χ1v) is 17.3. The molecular weight excluding hydrogens is 612 g/mol. The van der Waals surface area contributed by atoms with Gasteiger partial charge >= 0.3 is 12.0 Å². The number of ether oxygens (including phenoxy) is 2. The molecule has 3 fully saturated rings. The summed E-state index contributed by atoms with van der Waals surface area (Å²) in [5.74, 6) is -1.45. The highest BCUT2D eigenvalue weighted by atomic mass is 32.2. The maximum atomic E-state index is 14.0. The number of allylic oxidation sites excluding steroid dienone is 1. The molecule has 4 amide bonds. The highest BCUT2D eigenvalue weighted by molar-refractivity contribution is 7.91. The van der Waals surface area contributed by atoms with Crippen LogP contribution >= 0.6 is 0 Å². The van der Waals surface area contributed by atoms with Gasteiger partial charge in [0, 0.05) is 30.5 Å². The first-order chi connectivity index (χ1) is 22.0. The van der Waals surface area contributed by atoms with E-state index in [0.717, 1.165) is 31.2 Å². The molecule has 0 radical (unpaired) electrons. The summed E-state index contributed by atoms with van der Waals surface area (Å²) < 4.78 is 38.7. The molecule has 3 heterocycles. The Morgan fingerprint density at radius 2 is 1.89 bits per heavy atom. The summed E-state index contributed by atoms with van der Waals surface area (Å²) in [6.07, 6.45) is 7.92. The van der Waals surface area contributed by atoms with Crippen LogP contribution in [0.2, 0.25) is 0 Å². The average Bonchev–Trinajstić information content (AvgIpc) is 3.92. The number of rotatable bonds is 7. The van der Waals surface area contributed by atoms with Crippen molar-refractivity contribution in [2.75, 3.05) is 20.2 Å². The first-order valence-electron chi connectivity index (χ1n) is 15.8. The summed E-state index contributed by atoms with van der Waals surface area (Å²) in [6.45, 7) is 2.14. The smallest absolute Gasteiger partial charge is 0.320 e. The van der Waals surface area contributed by atoms with Crippen LogP contribution in [0.3, 0.4) is 0 Å². The van der Waals surface area contributed by atoms with E-state index in [4.69, 9.17) is 9.47 Å². The van der Waals surface area contributed by atoms with Crippen molar-refractivity contribution >= 4 is 27.9 Å². The van der Waals surface area contributed by atoms with Crippen LogP contribution in [-0.2, 0) is 19.6 Å². The topological polar surface area (TPSA) is 169 Å². The van der Waals surface area contributed by atoms with Crippen LogP contribution in [0.5, 0.6) is 11.9 Å². The SMILES string of the molecule is COc1nc(O[C@@H]2C[C@H]3C(=O)N[C@]4(C(=O)NS(=O)(=O)C5(C)CC5)C[C@H]4/C=C\CCCCCNC(=O)N3C2)cc(-c2ccccc2)n1. The molecule has 3 N–H and O–H groups in total. The van der Waals surface area contributed by atoms with E-state index in [0.29, 0.717) is 25.1 Å². The molecule has 1 aromatic carbocycles. The molecule has 13 nitrogen and oxygen atoms in total. The number of aromatic nitrogens is 2. The van der Waals surface area contributed by atoms with Crippen LogP contribution < -0.4 is 24.8 Å². The van der Waals surface area contributed by atoms with Gasteiger partial charge in [-0.2, -0.15) is 9.97 Å². The molecule has 46 heavy (non-hydrogen) atoms. The lowest BCUT2D eigenvalue weighted by Gasteiger charge is -2.27. The maximum Gasteiger partial charge on any atom is 0.320 e. The van der Waals surface area contributed by atoms with Crippen molar-refractivity contribution in [3.63, 3.8) is 0 Å². The number of urea groups is 1. The monoisotopic (exact) mass is 652 g/mol. The molecule has 2 aliphatic carbocycles. The summed E-state index contributed by atoms with van der Waals surface area (Å²) in [5, 5.41) is 5.78. The van der Waals surface area contributed by atoms with E-state index in [9.17, 15) is 22.8 Å². The molecule has 246 valence electrons. The molecule has 1 aromatic heterocycles. The van der Waals surface area contributed by atoms with Crippen LogP contribution in [0.1, 0.15) is 58.3 Å². The normalized spacial score (nSPS) is 28.2. The lowest BCUT2D eigenvalue weighted by molar-refractivity contribution is -0.131. The number of fused-ring (bicyclic) bond motifs is 2. The van der Waals surface area contributed by atoms with Gasteiger partial charge in [0.15, 0.2) is 0 Å². The Kier molecular flexibility index (Phi) is 8.66. The third-order valence-electron chi connectivity index (χ3n) is 9.34. The van der Waals surface area contributed by atoms with Gasteiger partial charge in [-0.25, -0.2) is 13.2 Å². The van der Waals surface area contributed by atoms with Crippen molar-refractivity contribution in [1.29, 1.82) is 0 Å². The van der Waals surface area contributed by atoms with Crippen molar-refractivity contribution < 1.29 is 32.3 Å². The molecule has 4 aliphatic rings. The molecule has 4 atom stereocenters. The molecule has 0 spiro atoms. The second kappa shape index (κ2) is 12.5. The average molecular weight is 653 g/mol. The fourth-order valence-corrected chi connectivity index (χ4v) is 7.34. The van der Waals surface area contributed by atoms with Crippen LogP contribution in [-0.4, -0.2) is 83.8 Å². The predicted octanol–water partition coefficient (Wildman–Crippen LogP) is 2.69. The number of hydrogen-bond acceptors (Lipinski definition) is 9. The van der Waals surface area contributed by atoms with Crippen molar-refractivity contribution in [1.82, 2.24) is 30.2 Å². The maximum absolute atomic E-state index is 14.0. The number of carbonyl (C=O) groups is 3. The van der Waals surface area contributed by atoms with Crippen LogP contribution in [0.15, 0.2) is 48.6 Å². The molecule has 2 aliphatic heterocycles. The van der Waals surface area contributed by atoms with Crippen LogP contribution in [0, 0.1) is 5.92 Å². The number of carbonyl (C=O) groups excluding carboxylic acids is 3. The summed E-state index contributed by atoms with van der Waals surface area (Å²) in [6, 6.07) is 9.86. The second-order valence-corrected chi connectivity index (χ2v) is 14.9. The zero-order valence-corrected chi connectivity index (χ0v) is 26.8. The minimum atomic E-state index is -3.92. The Morgan fingerprint density at radius 1 is 1.11 bits per heavy atom. The lowest BCUT2D eigenvalue weighted by Crippen LogP contribution is -2.57. The number of nitrogens with one attached hydrogen (secondary N) is 3. The van der Waals surface area contributed by atoms with Crippen molar-refractivity contribution in [3.8, 4) is 23.1 Å². The van der Waals surface area contributed by atoms with Gasteiger partial charge in [-0.3, -0.25) is 14.3 Å². The Balaban J connectivity index is 1.24. The van der Waals surface area contributed by atoms with Crippen LogP contribution in [0.4, 0.5) is 4.79 Å². The van der Waals surface area contributed by atoms with Crippen molar-refractivity contribution in [2.45, 2.75) is 80.7 Å². The number of methoxy groups -OCH3 is 1. The van der Waals surface area contributed by atoms with Crippen molar-refractivity contribution in [3.05, 3.63) is 48.6 Å². The quantitative estimate of drug-likeness (QED) is 0.381. The molecular formula is C32H40N6O7S. The summed E-state index contributed by atoms with van der Waals surface area (Å²) in [7, 11) is -2.47. The fourth-order valence-electron chi connectivity index (χ4n) is 6.03. The highest BCUT2D eigenvalue weighted by Gasteiger charge is 2.63. The van der Waals surface area contributed by atoms with Gasteiger partial charge in [-0.1, -0.05) is 48.9 Å². The molecule has 2 saturated carbocycles. The van der Waals surface area contributed by atoms with E-state index >= 15 is 0 Å². The fraction of sp³-hybridized carbons (Fsp3) is 0.531. The minimum absolute atomic E-state index is 0.0895. The van der Waals surface area contributed by atoms with Gasteiger partial charge in [0.05, 0.1) is 24.1 Å². The van der Waals surface area contributed by atoms with Gasteiger partial charge in [0.2, 0.25) is 21.8 Å². The van der Waals surface area contributed by atoms with Gasteiger partial charge < -0.3 is 25.0 Å². The Labute approximate surface area is 268 Å². The van der Waals surface area contributed by atoms with Gasteiger partial charge in [-0.15, -0.1) is 0 Å². The molecule has 14 heteroatoms. The molecule has 2 aromatic rings. The Hall–Kier alpha value is -4.20. The zero-order chi connectivity index (χ0) is 32.5. The third-order valence-corrected chi connectivity index (χ3v) is 11.5. The van der Waals surface area contributed by atoms with Gasteiger partial charge in [-0.05, 0) is 45.4 Å². The molecule has 6 rings (SSSR count). The number of nitrogens with zero attached hydrogens (tertiary/aromatic N) is 3.